The average molecular weight is 291 g/mol. The molecule has 1 aromatic rings. The molecule has 1 aliphatic rings. The molecule has 2 rings (SSSR count). The van der Waals surface area contributed by atoms with Gasteiger partial charge >= 0.3 is 5.97 Å². The van der Waals surface area contributed by atoms with E-state index in [0.29, 0.717) is 12.5 Å². The van der Waals surface area contributed by atoms with Gasteiger partial charge in [0, 0.05) is 12.1 Å². The van der Waals surface area contributed by atoms with Crippen molar-refractivity contribution in [3.8, 4) is 5.75 Å². The van der Waals surface area contributed by atoms with Crippen LogP contribution in [0.5, 0.6) is 5.75 Å². The summed E-state index contributed by atoms with van der Waals surface area (Å²) >= 11 is 0. The van der Waals surface area contributed by atoms with Gasteiger partial charge in [-0.15, -0.1) is 0 Å². The number of hydrogen-bond acceptors (Lipinski definition) is 3. The minimum absolute atomic E-state index is 0.125. The molecule has 1 aromatic carbocycles. The Morgan fingerprint density at radius 1 is 1.29 bits per heavy atom. The first-order chi connectivity index (χ1) is 10.2. The molecule has 0 atom stereocenters. The molecule has 0 bridgehead atoms. The van der Waals surface area contributed by atoms with Crippen molar-refractivity contribution >= 4 is 5.97 Å². The van der Waals surface area contributed by atoms with E-state index in [0.717, 1.165) is 44.5 Å². The van der Waals surface area contributed by atoms with Gasteiger partial charge in [-0.1, -0.05) is 18.2 Å². The fourth-order valence-corrected chi connectivity index (χ4v) is 2.97. The minimum Gasteiger partial charge on any atom is -0.494 e. The van der Waals surface area contributed by atoms with Gasteiger partial charge < -0.3 is 15.2 Å². The molecular weight excluding hydrogens is 266 g/mol. The second-order valence-electron chi connectivity index (χ2n) is 5.73. The summed E-state index contributed by atoms with van der Waals surface area (Å²) in [6.07, 6.45) is 3.66. The van der Waals surface area contributed by atoms with E-state index in [-0.39, 0.29) is 5.92 Å². The van der Waals surface area contributed by atoms with Gasteiger partial charge in [-0.2, -0.15) is 0 Å². The molecule has 0 radical (unpaired) electrons. The second-order valence-corrected chi connectivity index (χ2v) is 5.73. The first-order valence-electron chi connectivity index (χ1n) is 7.85. The molecule has 116 valence electrons. The number of nitrogens with one attached hydrogen (secondary N) is 1. The molecule has 0 amide bonds. The maximum atomic E-state index is 10.9. The highest BCUT2D eigenvalue weighted by molar-refractivity contribution is 5.69. The van der Waals surface area contributed by atoms with Crippen LogP contribution in [0.25, 0.3) is 0 Å². The Labute approximate surface area is 126 Å². The van der Waals surface area contributed by atoms with Gasteiger partial charge in [0.05, 0.1) is 12.5 Å². The molecule has 4 nitrogen and oxygen atoms in total. The van der Waals surface area contributed by atoms with Gasteiger partial charge in [-0.05, 0) is 51.1 Å². The van der Waals surface area contributed by atoms with Gasteiger partial charge in [0.25, 0.3) is 0 Å². The molecule has 1 aliphatic carbocycles. The third-order valence-corrected chi connectivity index (χ3v) is 4.22. The maximum absolute atomic E-state index is 10.9. The van der Waals surface area contributed by atoms with E-state index < -0.39 is 5.97 Å². The highest BCUT2D eigenvalue weighted by atomic mass is 16.5. The van der Waals surface area contributed by atoms with Crippen molar-refractivity contribution < 1.29 is 14.6 Å². The number of para-hydroxylation sites is 1. The van der Waals surface area contributed by atoms with Crippen LogP contribution in [0.3, 0.4) is 0 Å². The van der Waals surface area contributed by atoms with Crippen molar-refractivity contribution in [1.29, 1.82) is 0 Å². The summed E-state index contributed by atoms with van der Waals surface area (Å²) in [6, 6.07) is 8.09. The Hall–Kier alpha value is -1.55. The monoisotopic (exact) mass is 291 g/mol. The van der Waals surface area contributed by atoms with Gasteiger partial charge in [0.1, 0.15) is 5.75 Å². The van der Waals surface area contributed by atoms with E-state index in [9.17, 15) is 4.79 Å². The van der Waals surface area contributed by atoms with Crippen molar-refractivity contribution in [2.45, 2.75) is 39.2 Å². The van der Waals surface area contributed by atoms with E-state index in [4.69, 9.17) is 9.84 Å². The van der Waals surface area contributed by atoms with Gasteiger partial charge in [-0.3, -0.25) is 4.79 Å². The van der Waals surface area contributed by atoms with Gasteiger partial charge in [0.15, 0.2) is 0 Å². The van der Waals surface area contributed by atoms with Gasteiger partial charge in [0.2, 0.25) is 0 Å². The molecule has 0 aromatic heterocycles. The summed E-state index contributed by atoms with van der Waals surface area (Å²) in [5, 5.41) is 12.5. The number of hydrogen-bond donors (Lipinski definition) is 2. The van der Waals surface area contributed by atoms with Crippen LogP contribution < -0.4 is 10.1 Å². The van der Waals surface area contributed by atoms with Gasteiger partial charge in [-0.25, -0.2) is 0 Å². The standard InChI is InChI=1S/C17H25NO3/c1-2-21-16-6-4-3-5-15(16)12-18-11-13-7-9-14(10-8-13)17(19)20/h3-6,13-14,18H,2,7-12H2,1H3,(H,19,20). The van der Waals surface area contributed by atoms with E-state index in [2.05, 4.69) is 11.4 Å². The number of benzene rings is 1. The van der Waals surface area contributed by atoms with E-state index >= 15 is 0 Å². The summed E-state index contributed by atoms with van der Waals surface area (Å²) in [7, 11) is 0. The predicted octanol–water partition coefficient (Wildman–Crippen LogP) is 3.07. The molecule has 0 heterocycles. The highest BCUT2D eigenvalue weighted by Crippen LogP contribution is 2.28. The zero-order valence-electron chi connectivity index (χ0n) is 12.7. The van der Waals surface area contributed by atoms with E-state index in [1.165, 1.54) is 5.56 Å². The number of carboxylic acids is 1. The largest absolute Gasteiger partial charge is 0.494 e. The zero-order chi connectivity index (χ0) is 15.1. The average Bonchev–Trinajstić information content (AvgIpc) is 2.50. The Kier molecular flexibility index (Phi) is 6.05. The lowest BCUT2D eigenvalue weighted by atomic mass is 9.82. The van der Waals surface area contributed by atoms with Crippen molar-refractivity contribution in [3.63, 3.8) is 0 Å². The summed E-state index contributed by atoms with van der Waals surface area (Å²) < 4.78 is 5.61. The third-order valence-electron chi connectivity index (χ3n) is 4.22. The Bertz CT molecular complexity index is 453. The summed E-state index contributed by atoms with van der Waals surface area (Å²) in [5.74, 6) is 0.786. The topological polar surface area (TPSA) is 58.6 Å². The molecule has 0 aliphatic heterocycles. The maximum Gasteiger partial charge on any atom is 0.306 e. The lowest BCUT2D eigenvalue weighted by Crippen LogP contribution is -2.28. The summed E-state index contributed by atoms with van der Waals surface area (Å²) in [6.45, 7) is 4.42. The number of carbonyl (C=O) groups is 1. The summed E-state index contributed by atoms with van der Waals surface area (Å²) in [4.78, 5) is 10.9. The number of aliphatic carboxylic acids is 1. The molecule has 0 spiro atoms. The fourth-order valence-electron chi connectivity index (χ4n) is 2.97. The van der Waals surface area contributed by atoms with E-state index in [1.807, 2.05) is 25.1 Å². The molecule has 21 heavy (non-hydrogen) atoms. The van der Waals surface area contributed by atoms with Crippen LogP contribution in [0.2, 0.25) is 0 Å². The van der Waals surface area contributed by atoms with Crippen LogP contribution in [0.1, 0.15) is 38.2 Å². The molecule has 1 saturated carbocycles. The quantitative estimate of drug-likeness (QED) is 0.810. The molecular formula is C17H25NO3. The van der Waals surface area contributed by atoms with Crippen molar-refractivity contribution in [1.82, 2.24) is 5.32 Å². The second kappa shape index (κ2) is 8.03. The molecule has 0 unspecified atom stereocenters. The third kappa shape index (κ3) is 4.74. The predicted molar refractivity (Wildman–Crippen MR) is 82.4 cm³/mol. The molecule has 4 heteroatoms. The number of carboxylic acid groups (broad SMARTS) is 1. The van der Waals surface area contributed by atoms with Crippen LogP contribution in [0.4, 0.5) is 0 Å². The normalized spacial score (nSPS) is 22.0. The minimum atomic E-state index is -0.632. The fraction of sp³-hybridized carbons (Fsp3) is 0.588. The number of rotatable bonds is 7. The lowest BCUT2D eigenvalue weighted by molar-refractivity contribution is -0.143. The highest BCUT2D eigenvalue weighted by Gasteiger charge is 2.25. The summed E-state index contributed by atoms with van der Waals surface area (Å²) in [5.41, 5.74) is 1.18. The SMILES string of the molecule is CCOc1ccccc1CNCC1CCC(C(=O)O)CC1. The Morgan fingerprint density at radius 3 is 2.67 bits per heavy atom. The number of ether oxygens (including phenoxy) is 1. The van der Waals surface area contributed by atoms with Crippen LogP contribution in [0.15, 0.2) is 24.3 Å². The van der Waals surface area contributed by atoms with Crippen molar-refractivity contribution in [2.24, 2.45) is 11.8 Å². The van der Waals surface area contributed by atoms with Crippen LogP contribution in [-0.4, -0.2) is 24.2 Å². The zero-order valence-corrected chi connectivity index (χ0v) is 12.7. The Morgan fingerprint density at radius 2 is 2.00 bits per heavy atom. The lowest BCUT2D eigenvalue weighted by Gasteiger charge is -2.26. The first-order valence-corrected chi connectivity index (χ1v) is 7.85. The van der Waals surface area contributed by atoms with Crippen molar-refractivity contribution in [2.75, 3.05) is 13.2 Å². The Balaban J connectivity index is 1.74. The van der Waals surface area contributed by atoms with Crippen molar-refractivity contribution in [3.05, 3.63) is 29.8 Å². The van der Waals surface area contributed by atoms with E-state index in [1.54, 1.807) is 0 Å². The molecule has 2 N–H and O–H groups in total. The smallest absolute Gasteiger partial charge is 0.306 e. The molecule has 0 saturated heterocycles. The molecule has 1 fully saturated rings. The van der Waals surface area contributed by atoms with Crippen LogP contribution in [0, 0.1) is 11.8 Å². The first kappa shape index (κ1) is 15.8. The van der Waals surface area contributed by atoms with Crippen LogP contribution >= 0.6 is 0 Å². The van der Waals surface area contributed by atoms with Crippen LogP contribution in [-0.2, 0) is 11.3 Å².